The van der Waals surface area contributed by atoms with Crippen molar-refractivity contribution in [3.8, 4) is 5.75 Å². The molecular formula is C26H20Cl2N2O4S. The number of carbonyl (C=O) groups is 2. The Morgan fingerprint density at radius 3 is 2.43 bits per heavy atom. The second-order valence-electron chi connectivity index (χ2n) is 7.81. The summed E-state index contributed by atoms with van der Waals surface area (Å²) in [6.45, 7) is 2.34. The third kappa shape index (κ3) is 5.88. The number of amidine groups is 1. The molecule has 0 bridgehead atoms. The highest BCUT2D eigenvalue weighted by molar-refractivity contribution is 8.18. The van der Waals surface area contributed by atoms with Crippen LogP contribution in [0.3, 0.4) is 0 Å². The Morgan fingerprint density at radius 2 is 1.80 bits per heavy atom. The van der Waals surface area contributed by atoms with E-state index in [1.165, 1.54) is 28.8 Å². The second-order valence-corrected chi connectivity index (χ2v) is 9.64. The van der Waals surface area contributed by atoms with E-state index in [2.05, 4.69) is 4.99 Å². The average molecular weight is 527 g/mol. The number of halogens is 2. The molecule has 0 unspecified atom stereocenters. The van der Waals surface area contributed by atoms with Gasteiger partial charge in [-0.25, -0.2) is 9.79 Å². The minimum Gasteiger partial charge on any atom is -0.486 e. The molecule has 1 N–H and O–H groups in total. The number of likely N-dealkylation sites (N-methyl/N-ethyl adjacent to an activating group) is 1. The van der Waals surface area contributed by atoms with E-state index in [9.17, 15) is 9.59 Å². The molecule has 0 spiro atoms. The molecule has 0 aromatic heterocycles. The Bertz CT molecular complexity index is 1350. The van der Waals surface area contributed by atoms with E-state index in [4.69, 9.17) is 33.0 Å². The Morgan fingerprint density at radius 1 is 1.11 bits per heavy atom. The maximum Gasteiger partial charge on any atom is 0.335 e. The van der Waals surface area contributed by atoms with Gasteiger partial charge in [-0.1, -0.05) is 53.0 Å². The number of amides is 1. The molecule has 1 aliphatic rings. The monoisotopic (exact) mass is 526 g/mol. The van der Waals surface area contributed by atoms with Crippen LogP contribution < -0.4 is 4.74 Å². The molecule has 35 heavy (non-hydrogen) atoms. The number of aryl methyl sites for hydroxylation is 1. The predicted molar refractivity (Wildman–Crippen MR) is 141 cm³/mol. The maximum absolute atomic E-state index is 12.8. The lowest BCUT2D eigenvalue weighted by Crippen LogP contribution is -2.23. The van der Waals surface area contributed by atoms with Gasteiger partial charge in [-0.05, 0) is 72.3 Å². The van der Waals surface area contributed by atoms with Gasteiger partial charge < -0.3 is 9.84 Å². The van der Waals surface area contributed by atoms with Crippen molar-refractivity contribution in [2.45, 2.75) is 13.5 Å². The summed E-state index contributed by atoms with van der Waals surface area (Å²) in [5, 5.41) is 10.2. The van der Waals surface area contributed by atoms with Crippen molar-refractivity contribution in [3.63, 3.8) is 0 Å². The Kier molecular flexibility index (Phi) is 7.50. The molecule has 0 atom stereocenters. The predicted octanol–water partition coefficient (Wildman–Crippen LogP) is 6.81. The Balaban J connectivity index is 1.52. The van der Waals surface area contributed by atoms with Gasteiger partial charge >= 0.3 is 5.97 Å². The first-order valence-electron chi connectivity index (χ1n) is 10.5. The smallest absolute Gasteiger partial charge is 0.335 e. The second kappa shape index (κ2) is 10.6. The fourth-order valence-corrected chi connectivity index (χ4v) is 4.95. The summed E-state index contributed by atoms with van der Waals surface area (Å²) in [5.74, 6) is -0.852. The number of hydrogen-bond acceptors (Lipinski definition) is 5. The van der Waals surface area contributed by atoms with E-state index >= 15 is 0 Å². The standard InChI is InChI=1S/C26H20Cl2N2O4S/c1-15-4-3-5-16(10-15)14-34-23-20(27)11-17(12-21(23)28)13-22-24(31)30(2)26(35-22)29-19-8-6-18(7-9-19)25(32)33/h3-13H,14H2,1-2H3,(H,32,33)/b22-13-,29-26?. The number of carboxylic acids is 1. The molecule has 4 rings (SSSR count). The van der Waals surface area contributed by atoms with Crippen molar-refractivity contribution in [1.82, 2.24) is 4.90 Å². The van der Waals surface area contributed by atoms with E-state index < -0.39 is 5.97 Å². The molecule has 6 nitrogen and oxygen atoms in total. The first-order valence-corrected chi connectivity index (χ1v) is 12.1. The summed E-state index contributed by atoms with van der Waals surface area (Å²) in [7, 11) is 1.63. The lowest BCUT2D eigenvalue weighted by molar-refractivity contribution is -0.121. The zero-order valence-corrected chi connectivity index (χ0v) is 21.1. The van der Waals surface area contributed by atoms with Crippen LogP contribution in [0.1, 0.15) is 27.0 Å². The number of carbonyl (C=O) groups excluding carboxylic acids is 1. The topological polar surface area (TPSA) is 79.2 Å². The molecule has 0 aliphatic carbocycles. The summed E-state index contributed by atoms with van der Waals surface area (Å²) < 4.78 is 5.86. The number of rotatable bonds is 6. The molecular weight excluding hydrogens is 507 g/mol. The number of benzene rings is 3. The highest BCUT2D eigenvalue weighted by Crippen LogP contribution is 2.38. The molecule has 1 saturated heterocycles. The lowest BCUT2D eigenvalue weighted by atomic mass is 10.1. The highest BCUT2D eigenvalue weighted by atomic mass is 35.5. The first kappa shape index (κ1) is 24.9. The summed E-state index contributed by atoms with van der Waals surface area (Å²) in [5.41, 5.74) is 3.50. The minimum absolute atomic E-state index is 0.165. The number of nitrogens with zero attached hydrogens (tertiary/aromatic N) is 2. The zero-order chi connectivity index (χ0) is 25.1. The SMILES string of the molecule is Cc1cccc(COc2c(Cl)cc(/C=C3\SC(=Nc4ccc(C(=O)O)cc4)N(C)C3=O)cc2Cl)c1. The maximum atomic E-state index is 12.8. The van der Waals surface area contributed by atoms with Crippen molar-refractivity contribution in [1.29, 1.82) is 0 Å². The largest absolute Gasteiger partial charge is 0.486 e. The molecule has 1 fully saturated rings. The highest BCUT2D eigenvalue weighted by Gasteiger charge is 2.30. The normalized spacial score (nSPS) is 15.8. The van der Waals surface area contributed by atoms with Crippen LogP contribution >= 0.6 is 35.0 Å². The van der Waals surface area contributed by atoms with E-state index in [1.807, 2.05) is 31.2 Å². The summed E-state index contributed by atoms with van der Waals surface area (Å²) in [6.07, 6.45) is 1.70. The molecule has 9 heteroatoms. The van der Waals surface area contributed by atoms with E-state index in [0.29, 0.717) is 43.7 Å². The van der Waals surface area contributed by atoms with Gasteiger partial charge in [-0.2, -0.15) is 0 Å². The number of carboxylic acid groups (broad SMARTS) is 1. The zero-order valence-electron chi connectivity index (χ0n) is 18.8. The molecule has 1 amide bonds. The van der Waals surface area contributed by atoms with Gasteiger partial charge in [-0.15, -0.1) is 0 Å². The van der Waals surface area contributed by atoms with Gasteiger partial charge in [0.15, 0.2) is 10.9 Å². The van der Waals surface area contributed by atoms with Crippen molar-refractivity contribution in [2.75, 3.05) is 7.05 Å². The van der Waals surface area contributed by atoms with E-state index in [-0.39, 0.29) is 11.5 Å². The Hall–Kier alpha value is -3.26. The molecule has 3 aromatic rings. The molecule has 1 heterocycles. The van der Waals surface area contributed by atoms with Crippen LogP contribution in [0.25, 0.3) is 6.08 Å². The van der Waals surface area contributed by atoms with Crippen LogP contribution in [0, 0.1) is 6.92 Å². The number of aromatic carboxylic acids is 1. The van der Waals surface area contributed by atoms with Crippen LogP contribution in [0.15, 0.2) is 70.6 Å². The van der Waals surface area contributed by atoms with Crippen LogP contribution in [0.2, 0.25) is 10.0 Å². The van der Waals surface area contributed by atoms with Gasteiger partial charge in [-0.3, -0.25) is 9.69 Å². The summed E-state index contributed by atoms with van der Waals surface area (Å²) in [4.78, 5) is 30.1. The van der Waals surface area contributed by atoms with E-state index in [1.54, 1.807) is 37.4 Å². The third-order valence-corrected chi connectivity index (χ3v) is 6.75. The van der Waals surface area contributed by atoms with Gasteiger partial charge in [0.1, 0.15) is 6.61 Å². The average Bonchev–Trinajstić information content (AvgIpc) is 3.06. The first-order chi connectivity index (χ1) is 16.7. The van der Waals surface area contributed by atoms with Gasteiger partial charge in [0.25, 0.3) is 5.91 Å². The Labute approximate surface area is 216 Å². The van der Waals surface area contributed by atoms with Crippen molar-refractivity contribution in [3.05, 3.63) is 97.9 Å². The molecule has 1 aliphatic heterocycles. The van der Waals surface area contributed by atoms with Crippen LogP contribution in [-0.2, 0) is 11.4 Å². The molecule has 178 valence electrons. The quantitative estimate of drug-likeness (QED) is 0.356. The van der Waals surface area contributed by atoms with Gasteiger partial charge in [0, 0.05) is 7.05 Å². The van der Waals surface area contributed by atoms with E-state index in [0.717, 1.165) is 11.1 Å². The lowest BCUT2D eigenvalue weighted by Gasteiger charge is -2.11. The van der Waals surface area contributed by atoms with Crippen molar-refractivity contribution >= 4 is 63.8 Å². The van der Waals surface area contributed by atoms with Crippen molar-refractivity contribution in [2.24, 2.45) is 4.99 Å². The number of ether oxygens (including phenoxy) is 1. The number of hydrogen-bond donors (Lipinski definition) is 1. The summed E-state index contributed by atoms with van der Waals surface area (Å²) >= 11 is 14.1. The van der Waals surface area contributed by atoms with Gasteiger partial charge in [0.2, 0.25) is 0 Å². The molecule has 3 aromatic carbocycles. The molecule has 0 radical (unpaired) electrons. The fourth-order valence-electron chi connectivity index (χ4n) is 3.35. The minimum atomic E-state index is -1.01. The van der Waals surface area contributed by atoms with Crippen LogP contribution in [0.5, 0.6) is 5.75 Å². The third-order valence-electron chi connectivity index (χ3n) is 5.13. The van der Waals surface area contributed by atoms with Crippen LogP contribution in [0.4, 0.5) is 5.69 Å². The van der Waals surface area contributed by atoms with Crippen LogP contribution in [-0.4, -0.2) is 34.1 Å². The van der Waals surface area contributed by atoms with Crippen molar-refractivity contribution < 1.29 is 19.4 Å². The fraction of sp³-hybridized carbons (Fsp3) is 0.115. The number of thioether (sulfide) groups is 1. The molecule has 0 saturated carbocycles. The number of aliphatic imine (C=N–C) groups is 1. The van der Waals surface area contributed by atoms with Gasteiger partial charge in [0.05, 0.1) is 26.2 Å². The summed E-state index contributed by atoms with van der Waals surface area (Å²) in [6, 6.07) is 17.5.